The molecule has 3 rings (SSSR count). The molecule has 12 heteroatoms. The summed E-state index contributed by atoms with van der Waals surface area (Å²) in [7, 11) is -3.95. The van der Waals surface area contributed by atoms with Crippen LogP contribution in [0.15, 0.2) is 47.3 Å². The van der Waals surface area contributed by atoms with Crippen molar-refractivity contribution in [2.45, 2.75) is 39.3 Å². The number of nitrogens with zero attached hydrogens (tertiary/aromatic N) is 3. The van der Waals surface area contributed by atoms with Gasteiger partial charge < -0.3 is 5.32 Å². The predicted molar refractivity (Wildman–Crippen MR) is 130 cm³/mol. The fraction of sp³-hybridized carbons (Fsp3) is 0.333. The first kappa shape index (κ1) is 24.4. The molecule has 0 aliphatic carbocycles. The van der Waals surface area contributed by atoms with Gasteiger partial charge in [-0.2, -0.15) is 0 Å². The summed E-state index contributed by atoms with van der Waals surface area (Å²) in [5.41, 5.74) is 0.901. The lowest BCUT2D eigenvalue weighted by molar-refractivity contribution is -0.384. The van der Waals surface area contributed by atoms with Crippen molar-refractivity contribution in [3.8, 4) is 0 Å². The molecule has 0 spiro atoms. The minimum atomic E-state index is -3.95. The normalized spacial score (nSPS) is 12.6. The molecule has 0 saturated heterocycles. The largest absolute Gasteiger partial charge is 0.324 e. The van der Waals surface area contributed by atoms with Crippen LogP contribution in [0.5, 0.6) is 0 Å². The quantitative estimate of drug-likeness (QED) is 0.376. The Bertz CT molecular complexity index is 1380. The van der Waals surface area contributed by atoms with Crippen LogP contribution in [-0.4, -0.2) is 36.1 Å². The first-order valence-corrected chi connectivity index (χ1v) is 12.8. The van der Waals surface area contributed by atoms with E-state index in [1.807, 2.05) is 13.8 Å². The summed E-state index contributed by atoms with van der Waals surface area (Å²) in [5.74, 6) is -0.593. The lowest BCUT2D eigenvalue weighted by atomic mass is 10.1. The number of nitro benzene ring substituents is 1. The van der Waals surface area contributed by atoms with Crippen LogP contribution in [0.4, 0.5) is 17.1 Å². The highest BCUT2D eigenvalue weighted by molar-refractivity contribution is 7.92. The Balaban J connectivity index is 1.97. The Hall–Kier alpha value is -3.25. The molecule has 1 atom stereocenters. The maximum absolute atomic E-state index is 13.1. The summed E-state index contributed by atoms with van der Waals surface area (Å²) in [6, 6.07) is 9.03. The second-order valence-electron chi connectivity index (χ2n) is 7.76. The molecule has 0 saturated carbocycles. The highest BCUT2D eigenvalue weighted by atomic mass is 32.2. The van der Waals surface area contributed by atoms with E-state index < -0.39 is 26.9 Å². The van der Waals surface area contributed by atoms with Gasteiger partial charge in [-0.15, -0.1) is 0 Å². The number of amides is 1. The van der Waals surface area contributed by atoms with Crippen LogP contribution in [0.2, 0.25) is 0 Å². The molecule has 1 aromatic heterocycles. The van der Waals surface area contributed by atoms with Gasteiger partial charge >= 0.3 is 4.87 Å². The number of non-ortho nitro benzene ring substituents is 1. The molecule has 2 aromatic carbocycles. The maximum Gasteiger partial charge on any atom is 0.308 e. The lowest BCUT2D eigenvalue weighted by Crippen LogP contribution is -2.47. The summed E-state index contributed by atoms with van der Waals surface area (Å²) in [6.07, 6.45) is 1.07. The molecule has 1 N–H and O–H groups in total. The molecule has 10 nitrogen and oxygen atoms in total. The molecule has 3 aromatic rings. The van der Waals surface area contributed by atoms with Crippen molar-refractivity contribution >= 4 is 54.5 Å². The van der Waals surface area contributed by atoms with Crippen LogP contribution in [0, 0.1) is 10.1 Å². The molecule has 0 aliphatic rings. The SMILES string of the molecule is CC[C@@H](C(=O)Nc1ccc2c(c1)sc(=O)n2C(C)C)N(c1cccc([N+](=O)[O-])c1)S(C)(=O)=O. The fourth-order valence-electron chi connectivity index (χ4n) is 3.63. The third-order valence-electron chi connectivity index (χ3n) is 5.02. The molecule has 176 valence electrons. The van der Waals surface area contributed by atoms with Crippen molar-refractivity contribution < 1.29 is 18.1 Å². The lowest BCUT2D eigenvalue weighted by Gasteiger charge is -2.30. The van der Waals surface area contributed by atoms with Crippen LogP contribution in [0.1, 0.15) is 33.2 Å². The number of thiazole rings is 1. The topological polar surface area (TPSA) is 132 Å². The van der Waals surface area contributed by atoms with Gasteiger partial charge in [0.1, 0.15) is 6.04 Å². The Labute approximate surface area is 194 Å². The van der Waals surface area contributed by atoms with Gasteiger partial charge in [-0.05, 0) is 44.5 Å². The zero-order chi connectivity index (χ0) is 24.5. The number of rotatable bonds is 8. The van der Waals surface area contributed by atoms with Crippen LogP contribution < -0.4 is 14.5 Å². The average molecular weight is 493 g/mol. The van der Waals surface area contributed by atoms with Crippen molar-refractivity contribution in [1.29, 1.82) is 0 Å². The molecular weight excluding hydrogens is 468 g/mol. The van der Waals surface area contributed by atoms with E-state index in [0.717, 1.165) is 33.5 Å². The molecule has 33 heavy (non-hydrogen) atoms. The Kier molecular flexibility index (Phi) is 6.89. The first-order chi connectivity index (χ1) is 15.4. The van der Waals surface area contributed by atoms with Crippen LogP contribution >= 0.6 is 11.3 Å². The Morgan fingerprint density at radius 2 is 1.94 bits per heavy atom. The van der Waals surface area contributed by atoms with E-state index in [-0.39, 0.29) is 28.7 Å². The van der Waals surface area contributed by atoms with E-state index in [0.29, 0.717) is 10.4 Å². The highest BCUT2D eigenvalue weighted by Crippen LogP contribution is 2.28. The van der Waals surface area contributed by atoms with Crippen LogP contribution in [0.3, 0.4) is 0 Å². The Morgan fingerprint density at radius 3 is 2.52 bits per heavy atom. The van der Waals surface area contributed by atoms with Crippen molar-refractivity contribution in [2.24, 2.45) is 0 Å². The second-order valence-corrected chi connectivity index (χ2v) is 10.6. The molecule has 0 bridgehead atoms. The van der Waals surface area contributed by atoms with Gasteiger partial charge in [-0.3, -0.25) is 28.6 Å². The summed E-state index contributed by atoms with van der Waals surface area (Å²) in [6.45, 7) is 5.46. The highest BCUT2D eigenvalue weighted by Gasteiger charge is 2.32. The Morgan fingerprint density at radius 1 is 1.24 bits per heavy atom. The van der Waals surface area contributed by atoms with Crippen molar-refractivity contribution in [3.63, 3.8) is 0 Å². The number of carbonyl (C=O) groups is 1. The molecule has 0 unspecified atom stereocenters. The molecule has 1 heterocycles. The first-order valence-electron chi connectivity index (χ1n) is 10.1. The maximum atomic E-state index is 13.1. The zero-order valence-corrected chi connectivity index (χ0v) is 20.1. The number of hydrogen-bond acceptors (Lipinski definition) is 7. The smallest absolute Gasteiger partial charge is 0.308 e. The number of anilines is 2. The van der Waals surface area contributed by atoms with E-state index in [1.54, 1.807) is 29.7 Å². The van der Waals surface area contributed by atoms with Gasteiger partial charge in [-0.1, -0.05) is 24.3 Å². The second kappa shape index (κ2) is 9.32. The standard InChI is InChI=1S/C21H24N4O6S2/c1-5-17(24(33(4,30)31)15-7-6-8-16(12-15)25(28)29)20(26)22-14-9-10-18-19(11-14)32-21(27)23(18)13(2)3/h6-13,17H,5H2,1-4H3,(H,22,26)/t17-/m0/s1. The van der Waals surface area contributed by atoms with Gasteiger partial charge in [0.05, 0.1) is 27.1 Å². The molecule has 1 amide bonds. The third-order valence-corrected chi connectivity index (χ3v) is 7.12. The number of sulfonamides is 1. The minimum Gasteiger partial charge on any atom is -0.324 e. The van der Waals surface area contributed by atoms with Crippen LogP contribution in [0.25, 0.3) is 10.2 Å². The summed E-state index contributed by atoms with van der Waals surface area (Å²) in [4.78, 5) is 35.8. The van der Waals surface area contributed by atoms with E-state index in [9.17, 15) is 28.1 Å². The monoisotopic (exact) mass is 492 g/mol. The molecule has 0 fully saturated rings. The summed E-state index contributed by atoms with van der Waals surface area (Å²) >= 11 is 1.06. The van der Waals surface area contributed by atoms with Gasteiger partial charge in [0, 0.05) is 23.9 Å². The minimum absolute atomic E-state index is 0.0191. The van der Waals surface area contributed by atoms with Gasteiger partial charge in [0.15, 0.2) is 0 Å². The molecule has 0 aliphatic heterocycles. The van der Waals surface area contributed by atoms with E-state index in [1.165, 1.54) is 18.2 Å². The predicted octanol–water partition coefficient (Wildman–Crippen LogP) is 3.74. The van der Waals surface area contributed by atoms with E-state index >= 15 is 0 Å². The molecular formula is C21H24N4O6S2. The number of hydrogen-bond donors (Lipinski definition) is 1. The molecule has 0 radical (unpaired) electrons. The number of aromatic nitrogens is 1. The van der Waals surface area contributed by atoms with Crippen LogP contribution in [-0.2, 0) is 14.8 Å². The summed E-state index contributed by atoms with van der Waals surface area (Å²) in [5, 5.41) is 13.9. The van der Waals surface area contributed by atoms with E-state index in [4.69, 9.17) is 0 Å². The number of nitro groups is 1. The number of carbonyl (C=O) groups excluding carboxylic acids is 1. The zero-order valence-electron chi connectivity index (χ0n) is 18.5. The van der Waals surface area contributed by atoms with Crippen molar-refractivity contribution in [3.05, 3.63) is 62.2 Å². The third kappa shape index (κ3) is 5.06. The van der Waals surface area contributed by atoms with Crippen molar-refractivity contribution in [2.75, 3.05) is 15.9 Å². The number of benzene rings is 2. The fourth-order valence-corrected chi connectivity index (χ4v) is 5.89. The number of nitrogens with one attached hydrogen (secondary N) is 1. The van der Waals surface area contributed by atoms with Gasteiger partial charge in [0.25, 0.3) is 5.69 Å². The van der Waals surface area contributed by atoms with Gasteiger partial charge in [-0.25, -0.2) is 8.42 Å². The van der Waals surface area contributed by atoms with E-state index in [2.05, 4.69) is 5.32 Å². The number of fused-ring (bicyclic) bond motifs is 1. The summed E-state index contributed by atoms with van der Waals surface area (Å²) < 4.78 is 28.4. The van der Waals surface area contributed by atoms with Crippen molar-refractivity contribution in [1.82, 2.24) is 4.57 Å². The van der Waals surface area contributed by atoms with Gasteiger partial charge in [0.2, 0.25) is 15.9 Å². The average Bonchev–Trinajstić information content (AvgIpc) is 3.05.